The molecule has 0 bridgehead atoms. The van der Waals surface area contributed by atoms with Gasteiger partial charge in [0, 0.05) is 18.2 Å². The number of non-ortho nitro benzene ring substituents is 2. The molecule has 0 unspecified atom stereocenters. The van der Waals surface area contributed by atoms with Crippen molar-refractivity contribution in [2.75, 3.05) is 11.9 Å². The van der Waals surface area contributed by atoms with Gasteiger partial charge in [-0.3, -0.25) is 25.0 Å². The van der Waals surface area contributed by atoms with Gasteiger partial charge in [-0.2, -0.15) is 13.2 Å². The lowest BCUT2D eigenvalue weighted by Gasteiger charge is -2.14. The molecule has 0 aliphatic carbocycles. The molecule has 0 aliphatic rings. The van der Waals surface area contributed by atoms with E-state index in [0.717, 1.165) is 18.2 Å². The van der Waals surface area contributed by atoms with Gasteiger partial charge in [0.05, 0.1) is 27.2 Å². The van der Waals surface area contributed by atoms with Gasteiger partial charge in [-0.25, -0.2) is 0 Å². The molecule has 0 radical (unpaired) electrons. The highest BCUT2D eigenvalue weighted by Gasteiger charge is 2.35. The molecule has 142 valence electrons. The number of amides is 1. The normalized spacial score (nSPS) is 10.9. The second kappa shape index (κ2) is 7.68. The van der Waals surface area contributed by atoms with Gasteiger partial charge in [0.15, 0.2) is 6.61 Å². The lowest BCUT2D eigenvalue weighted by molar-refractivity contribution is -0.385. The molecule has 0 aromatic heterocycles. The maximum absolute atomic E-state index is 13.0. The highest BCUT2D eigenvalue weighted by Crippen LogP contribution is 2.37. The maximum atomic E-state index is 13.0. The van der Waals surface area contributed by atoms with Crippen molar-refractivity contribution in [2.24, 2.45) is 0 Å². The summed E-state index contributed by atoms with van der Waals surface area (Å²) >= 11 is 0. The van der Waals surface area contributed by atoms with Gasteiger partial charge in [-0.05, 0) is 12.1 Å². The topological polar surface area (TPSA) is 125 Å². The van der Waals surface area contributed by atoms with Crippen molar-refractivity contribution in [3.63, 3.8) is 0 Å². The van der Waals surface area contributed by atoms with Gasteiger partial charge in [0.1, 0.15) is 5.75 Å². The van der Waals surface area contributed by atoms with Crippen molar-refractivity contribution < 1.29 is 32.5 Å². The number of benzene rings is 2. The van der Waals surface area contributed by atoms with E-state index in [4.69, 9.17) is 4.74 Å². The third kappa shape index (κ3) is 5.14. The lowest BCUT2D eigenvalue weighted by Crippen LogP contribution is -2.22. The van der Waals surface area contributed by atoms with Crippen LogP contribution in [-0.2, 0) is 11.0 Å². The molecule has 0 saturated carbocycles. The Hall–Kier alpha value is -3.70. The van der Waals surface area contributed by atoms with Crippen LogP contribution in [0.25, 0.3) is 0 Å². The van der Waals surface area contributed by atoms with E-state index in [1.165, 1.54) is 18.2 Å². The van der Waals surface area contributed by atoms with Crippen LogP contribution in [0.2, 0.25) is 0 Å². The molecule has 2 aromatic rings. The minimum absolute atomic E-state index is 0.0286. The van der Waals surface area contributed by atoms with Crippen LogP contribution in [0.5, 0.6) is 5.75 Å². The summed E-state index contributed by atoms with van der Waals surface area (Å²) in [6.45, 7) is -0.727. The Morgan fingerprint density at radius 1 is 1.04 bits per heavy atom. The van der Waals surface area contributed by atoms with Crippen molar-refractivity contribution in [2.45, 2.75) is 6.18 Å². The van der Waals surface area contributed by atoms with Crippen LogP contribution in [-0.4, -0.2) is 22.4 Å². The van der Waals surface area contributed by atoms with Crippen molar-refractivity contribution in [1.82, 2.24) is 0 Å². The number of ether oxygens (including phenoxy) is 1. The Kier molecular flexibility index (Phi) is 5.58. The molecule has 2 aromatic carbocycles. The zero-order valence-electron chi connectivity index (χ0n) is 13.2. The summed E-state index contributed by atoms with van der Waals surface area (Å²) in [5.74, 6) is -1.01. The van der Waals surface area contributed by atoms with E-state index in [0.29, 0.717) is 6.07 Å². The van der Waals surface area contributed by atoms with Crippen LogP contribution in [0, 0.1) is 20.2 Å². The molecule has 12 heteroatoms. The van der Waals surface area contributed by atoms with Crippen molar-refractivity contribution >= 4 is 23.0 Å². The summed E-state index contributed by atoms with van der Waals surface area (Å²) in [6.07, 6.45) is -4.93. The summed E-state index contributed by atoms with van der Waals surface area (Å²) in [6, 6.07) is 6.74. The van der Waals surface area contributed by atoms with E-state index >= 15 is 0 Å². The summed E-state index contributed by atoms with van der Waals surface area (Å²) in [5.41, 5.74) is -3.14. The number of carbonyl (C=O) groups is 1. The number of rotatable bonds is 6. The van der Waals surface area contributed by atoms with Gasteiger partial charge >= 0.3 is 6.18 Å². The molecule has 9 nitrogen and oxygen atoms in total. The van der Waals surface area contributed by atoms with E-state index < -0.39 is 45.5 Å². The zero-order chi connectivity index (χ0) is 20.2. The molecule has 0 aliphatic heterocycles. The van der Waals surface area contributed by atoms with Crippen LogP contribution in [0.15, 0.2) is 42.5 Å². The molecule has 2 rings (SSSR count). The number of nitrogens with zero attached hydrogens (tertiary/aromatic N) is 2. The minimum atomic E-state index is -4.93. The number of anilines is 1. The third-order valence-electron chi connectivity index (χ3n) is 3.19. The van der Waals surface area contributed by atoms with E-state index in [9.17, 15) is 38.2 Å². The molecule has 0 saturated heterocycles. The van der Waals surface area contributed by atoms with Crippen molar-refractivity contribution in [1.29, 1.82) is 0 Å². The average molecular weight is 385 g/mol. The number of nitro groups is 2. The maximum Gasteiger partial charge on any atom is 0.418 e. The monoisotopic (exact) mass is 385 g/mol. The lowest BCUT2D eigenvalue weighted by atomic mass is 10.1. The number of nitrogens with one attached hydrogen (secondary N) is 1. The Bertz CT molecular complexity index is 901. The summed E-state index contributed by atoms with van der Waals surface area (Å²) in [7, 11) is 0. The van der Waals surface area contributed by atoms with Crippen LogP contribution < -0.4 is 10.1 Å². The largest absolute Gasteiger partial charge is 0.484 e. The molecular formula is C15H10F3N3O6. The fourth-order valence-electron chi connectivity index (χ4n) is 2.01. The van der Waals surface area contributed by atoms with Gasteiger partial charge in [0.2, 0.25) is 0 Å². The van der Waals surface area contributed by atoms with Crippen LogP contribution in [0.4, 0.5) is 30.2 Å². The van der Waals surface area contributed by atoms with Crippen LogP contribution in [0.1, 0.15) is 5.56 Å². The van der Waals surface area contributed by atoms with E-state index in [1.807, 2.05) is 5.32 Å². The molecule has 0 atom stereocenters. The first-order valence-corrected chi connectivity index (χ1v) is 7.10. The highest BCUT2D eigenvalue weighted by atomic mass is 19.4. The molecule has 1 amide bonds. The smallest absolute Gasteiger partial charge is 0.418 e. The summed E-state index contributed by atoms with van der Waals surface area (Å²) in [5, 5.41) is 23.2. The Morgan fingerprint density at radius 2 is 1.67 bits per heavy atom. The predicted octanol–water partition coefficient (Wildman–Crippen LogP) is 3.54. The van der Waals surface area contributed by atoms with Crippen molar-refractivity contribution in [3.8, 4) is 5.75 Å². The second-order valence-corrected chi connectivity index (χ2v) is 5.08. The Labute approximate surface area is 148 Å². The van der Waals surface area contributed by atoms with E-state index in [2.05, 4.69) is 0 Å². The number of alkyl halides is 3. The predicted molar refractivity (Wildman–Crippen MR) is 85.3 cm³/mol. The molecule has 0 fully saturated rings. The minimum Gasteiger partial charge on any atom is -0.484 e. The van der Waals surface area contributed by atoms with Gasteiger partial charge < -0.3 is 10.1 Å². The first-order chi connectivity index (χ1) is 12.6. The highest BCUT2D eigenvalue weighted by molar-refractivity contribution is 5.93. The fourth-order valence-corrected chi connectivity index (χ4v) is 2.01. The second-order valence-electron chi connectivity index (χ2n) is 5.08. The Balaban J connectivity index is 2.12. The summed E-state index contributed by atoms with van der Waals surface area (Å²) in [4.78, 5) is 31.4. The quantitative estimate of drug-likeness (QED) is 0.599. The molecule has 0 spiro atoms. The number of halogens is 3. The SMILES string of the molecule is O=C(COc1cccc([N+](=O)[O-])c1)Nc1ccc([N+](=O)[O-])cc1C(F)(F)F. The first-order valence-electron chi connectivity index (χ1n) is 7.10. The number of hydrogen-bond acceptors (Lipinski definition) is 6. The molecule has 27 heavy (non-hydrogen) atoms. The summed E-state index contributed by atoms with van der Waals surface area (Å²) < 4.78 is 44.1. The van der Waals surface area contributed by atoms with Crippen LogP contribution >= 0.6 is 0 Å². The molecule has 1 N–H and O–H groups in total. The number of nitro benzene ring substituents is 2. The molecular weight excluding hydrogens is 375 g/mol. The van der Waals surface area contributed by atoms with E-state index in [-0.39, 0.29) is 11.4 Å². The van der Waals surface area contributed by atoms with Gasteiger partial charge in [-0.15, -0.1) is 0 Å². The third-order valence-corrected chi connectivity index (χ3v) is 3.19. The molecule has 0 heterocycles. The zero-order valence-corrected chi connectivity index (χ0v) is 13.2. The first kappa shape index (κ1) is 19.6. The van der Waals surface area contributed by atoms with E-state index in [1.54, 1.807) is 0 Å². The van der Waals surface area contributed by atoms with Gasteiger partial charge in [0.25, 0.3) is 17.3 Å². The Morgan fingerprint density at radius 3 is 2.26 bits per heavy atom. The van der Waals surface area contributed by atoms with Gasteiger partial charge in [-0.1, -0.05) is 6.07 Å². The fraction of sp³-hybridized carbons (Fsp3) is 0.133. The van der Waals surface area contributed by atoms with Crippen molar-refractivity contribution in [3.05, 3.63) is 68.3 Å². The number of hydrogen-bond donors (Lipinski definition) is 1. The average Bonchev–Trinajstić information content (AvgIpc) is 2.59. The van der Waals surface area contributed by atoms with Crippen LogP contribution in [0.3, 0.4) is 0 Å². The standard InChI is InChI=1S/C15H10F3N3O6/c16-15(17,18)12-7-10(21(25)26)4-5-13(12)19-14(22)8-27-11-3-1-2-9(6-11)20(23)24/h1-7H,8H2,(H,19,22). The number of carbonyl (C=O) groups excluding carboxylic acids is 1.